The van der Waals surface area contributed by atoms with Crippen LogP contribution in [-0.2, 0) is 21.3 Å². The minimum atomic E-state index is -3.87. The number of ether oxygens (including phenoxy) is 1. The highest BCUT2D eigenvalue weighted by Gasteiger charge is 2.25. The highest BCUT2D eigenvalue weighted by Crippen LogP contribution is 2.13. The summed E-state index contributed by atoms with van der Waals surface area (Å²) in [6, 6.07) is 1.74. The van der Waals surface area contributed by atoms with Gasteiger partial charge in [-0.05, 0) is 18.6 Å². The molecule has 0 amide bonds. The smallest absolute Gasteiger partial charge is 0.342 e. The average molecular weight is 298 g/mol. The molecule has 0 fully saturated rings. The minimum absolute atomic E-state index is 0.104. The fourth-order valence-electron chi connectivity index (χ4n) is 1.55. The zero-order valence-corrected chi connectivity index (χ0v) is 11.5. The van der Waals surface area contributed by atoms with Crippen LogP contribution in [0.25, 0.3) is 0 Å². The Balaban J connectivity index is 2.17. The number of hydrogen-bond donors (Lipinski definition) is 3. The summed E-state index contributed by atoms with van der Waals surface area (Å²) in [6.07, 6.45) is 4.48. The molecule has 2 aromatic heterocycles. The first-order chi connectivity index (χ1) is 9.54. The summed E-state index contributed by atoms with van der Waals surface area (Å²) in [5.74, 6) is -0.733. The molecule has 0 atom stereocenters. The van der Waals surface area contributed by atoms with E-state index in [2.05, 4.69) is 19.9 Å². The molecule has 0 aliphatic heterocycles. The fraction of sp³-hybridized carbons (Fsp3) is 0.273. The number of esters is 1. The van der Waals surface area contributed by atoms with E-state index in [0.29, 0.717) is 0 Å². The number of aromatic amines is 2. The number of hydrogen-bond acceptors (Lipinski definition) is 5. The molecular formula is C11H14N4O4S. The monoisotopic (exact) mass is 298 g/mol. The van der Waals surface area contributed by atoms with Crippen LogP contribution < -0.4 is 4.72 Å². The number of aromatic nitrogens is 3. The number of carbonyl (C=O) groups is 1. The van der Waals surface area contributed by atoms with E-state index in [9.17, 15) is 13.2 Å². The molecule has 20 heavy (non-hydrogen) atoms. The molecule has 108 valence electrons. The summed E-state index contributed by atoms with van der Waals surface area (Å²) in [5, 5.41) is 5.59. The van der Waals surface area contributed by atoms with Crippen molar-refractivity contribution in [3.05, 3.63) is 35.8 Å². The summed E-state index contributed by atoms with van der Waals surface area (Å²) in [5.41, 5.74) is 0.652. The van der Waals surface area contributed by atoms with E-state index in [4.69, 9.17) is 4.74 Å². The van der Waals surface area contributed by atoms with Crippen molar-refractivity contribution in [3.63, 3.8) is 0 Å². The first-order valence-corrected chi connectivity index (χ1v) is 7.34. The second kappa shape index (κ2) is 5.88. The molecule has 9 heteroatoms. The van der Waals surface area contributed by atoms with E-state index in [1.54, 1.807) is 25.4 Å². The van der Waals surface area contributed by atoms with Crippen LogP contribution in [0.3, 0.4) is 0 Å². The third kappa shape index (κ3) is 3.06. The van der Waals surface area contributed by atoms with E-state index < -0.39 is 16.0 Å². The van der Waals surface area contributed by atoms with Gasteiger partial charge in [-0.2, -0.15) is 5.10 Å². The average Bonchev–Trinajstić information content (AvgIpc) is 3.08. The molecule has 0 aliphatic rings. The van der Waals surface area contributed by atoms with Crippen molar-refractivity contribution in [2.75, 3.05) is 6.61 Å². The number of nitrogens with zero attached hydrogens (tertiary/aromatic N) is 1. The van der Waals surface area contributed by atoms with Gasteiger partial charge in [0.15, 0.2) is 5.03 Å². The van der Waals surface area contributed by atoms with Gasteiger partial charge in [-0.25, -0.2) is 17.9 Å². The van der Waals surface area contributed by atoms with Gasteiger partial charge in [-0.15, -0.1) is 0 Å². The second-order valence-electron chi connectivity index (χ2n) is 3.88. The van der Waals surface area contributed by atoms with Gasteiger partial charge in [0.2, 0.25) is 0 Å². The van der Waals surface area contributed by atoms with Crippen molar-refractivity contribution in [1.82, 2.24) is 19.9 Å². The molecule has 2 heterocycles. The summed E-state index contributed by atoms with van der Waals surface area (Å²) in [7, 11) is -3.87. The third-order valence-electron chi connectivity index (χ3n) is 2.50. The van der Waals surface area contributed by atoms with Gasteiger partial charge < -0.3 is 9.72 Å². The highest BCUT2D eigenvalue weighted by atomic mass is 32.2. The Bertz CT molecular complexity index is 675. The lowest BCUT2D eigenvalue weighted by Gasteiger charge is -2.06. The highest BCUT2D eigenvalue weighted by molar-refractivity contribution is 7.89. The summed E-state index contributed by atoms with van der Waals surface area (Å²) in [6.45, 7) is 1.89. The summed E-state index contributed by atoms with van der Waals surface area (Å²) >= 11 is 0. The Kier molecular flexibility index (Phi) is 4.20. The Morgan fingerprint density at radius 3 is 2.95 bits per heavy atom. The van der Waals surface area contributed by atoms with Crippen LogP contribution in [-0.4, -0.2) is 36.2 Å². The summed E-state index contributed by atoms with van der Waals surface area (Å²) < 4.78 is 31.4. The van der Waals surface area contributed by atoms with Gasteiger partial charge in [-0.1, -0.05) is 0 Å². The third-order valence-corrected chi connectivity index (χ3v) is 3.87. The maximum Gasteiger partial charge on any atom is 0.342 e. The fourth-order valence-corrected chi connectivity index (χ4v) is 2.65. The van der Waals surface area contributed by atoms with E-state index in [-0.39, 0.29) is 23.7 Å². The van der Waals surface area contributed by atoms with Crippen LogP contribution in [0, 0.1) is 0 Å². The minimum Gasteiger partial charge on any atom is -0.462 e. The van der Waals surface area contributed by atoms with Crippen molar-refractivity contribution in [1.29, 1.82) is 0 Å². The predicted octanol–water partition coefficient (Wildman–Crippen LogP) is 0.393. The number of sulfonamides is 1. The molecule has 0 saturated carbocycles. The Labute approximate surface area is 115 Å². The zero-order valence-electron chi connectivity index (χ0n) is 10.7. The summed E-state index contributed by atoms with van der Waals surface area (Å²) in [4.78, 5) is 14.4. The van der Waals surface area contributed by atoms with Crippen molar-refractivity contribution in [2.24, 2.45) is 0 Å². The van der Waals surface area contributed by atoms with Crippen LogP contribution >= 0.6 is 0 Å². The maximum absolute atomic E-state index is 12.1. The molecule has 2 aromatic rings. The van der Waals surface area contributed by atoms with Gasteiger partial charge in [0.1, 0.15) is 5.56 Å². The Morgan fingerprint density at radius 2 is 2.30 bits per heavy atom. The van der Waals surface area contributed by atoms with Crippen LogP contribution in [0.2, 0.25) is 0 Å². The molecule has 0 spiro atoms. The quantitative estimate of drug-likeness (QED) is 0.667. The zero-order chi connectivity index (χ0) is 14.6. The number of nitrogens with one attached hydrogen (secondary N) is 3. The van der Waals surface area contributed by atoms with E-state index in [0.717, 1.165) is 11.8 Å². The van der Waals surface area contributed by atoms with Crippen LogP contribution in [0.4, 0.5) is 0 Å². The predicted molar refractivity (Wildman–Crippen MR) is 69.4 cm³/mol. The lowest BCUT2D eigenvalue weighted by molar-refractivity contribution is 0.0522. The van der Waals surface area contributed by atoms with Crippen molar-refractivity contribution in [3.8, 4) is 0 Å². The standard InChI is InChI=1S/C11H14N4O4S/c1-2-19-11(16)9-7-13-15-10(9)20(17,18)14-6-8-3-4-12-5-8/h3-5,7,12,14H,2,6H2,1H3,(H,13,15). The lowest BCUT2D eigenvalue weighted by atomic mass is 10.4. The number of rotatable bonds is 6. The first-order valence-electron chi connectivity index (χ1n) is 5.86. The molecule has 0 aromatic carbocycles. The van der Waals surface area contributed by atoms with Crippen molar-refractivity contribution < 1.29 is 17.9 Å². The first kappa shape index (κ1) is 14.3. The van der Waals surface area contributed by atoms with Gasteiger partial charge in [0, 0.05) is 18.9 Å². The van der Waals surface area contributed by atoms with Crippen molar-refractivity contribution in [2.45, 2.75) is 18.5 Å². The number of carbonyl (C=O) groups excluding carboxylic acids is 1. The molecule has 2 rings (SSSR count). The molecule has 0 aliphatic carbocycles. The molecule has 8 nitrogen and oxygen atoms in total. The van der Waals surface area contributed by atoms with Crippen LogP contribution in [0.15, 0.2) is 29.7 Å². The van der Waals surface area contributed by atoms with Crippen molar-refractivity contribution >= 4 is 16.0 Å². The topological polar surface area (TPSA) is 117 Å². The van der Waals surface area contributed by atoms with Gasteiger partial charge in [-0.3, -0.25) is 5.10 Å². The largest absolute Gasteiger partial charge is 0.462 e. The van der Waals surface area contributed by atoms with Gasteiger partial charge in [0.25, 0.3) is 10.0 Å². The molecule has 0 saturated heterocycles. The van der Waals surface area contributed by atoms with E-state index in [1.807, 2.05) is 0 Å². The van der Waals surface area contributed by atoms with Gasteiger partial charge >= 0.3 is 5.97 Å². The molecule has 3 N–H and O–H groups in total. The maximum atomic E-state index is 12.1. The van der Waals surface area contributed by atoms with Crippen LogP contribution in [0.5, 0.6) is 0 Å². The van der Waals surface area contributed by atoms with E-state index in [1.165, 1.54) is 0 Å². The van der Waals surface area contributed by atoms with Crippen LogP contribution in [0.1, 0.15) is 22.8 Å². The molecular weight excluding hydrogens is 284 g/mol. The Hall–Kier alpha value is -2.13. The SMILES string of the molecule is CCOC(=O)c1cn[nH]c1S(=O)(=O)NCc1cc[nH]c1. The number of H-pyrrole nitrogens is 2. The normalized spacial score (nSPS) is 11.4. The molecule has 0 bridgehead atoms. The lowest BCUT2D eigenvalue weighted by Crippen LogP contribution is -2.25. The molecule has 0 unspecified atom stereocenters. The van der Waals surface area contributed by atoms with E-state index >= 15 is 0 Å². The second-order valence-corrected chi connectivity index (χ2v) is 5.58. The molecule has 0 radical (unpaired) electrons. The Morgan fingerprint density at radius 1 is 1.50 bits per heavy atom. The van der Waals surface area contributed by atoms with Gasteiger partial charge in [0.05, 0.1) is 12.8 Å².